The van der Waals surface area contributed by atoms with Crippen molar-refractivity contribution in [3.63, 3.8) is 0 Å². The maximum atomic E-state index is 13.8. The van der Waals surface area contributed by atoms with E-state index >= 15 is 0 Å². The van der Waals surface area contributed by atoms with Gasteiger partial charge in [0.1, 0.15) is 6.04 Å². The first-order valence-corrected chi connectivity index (χ1v) is 15.6. The van der Waals surface area contributed by atoms with Gasteiger partial charge in [-0.25, -0.2) is 8.42 Å². The monoisotopic (exact) mass is 583 g/mol. The van der Waals surface area contributed by atoms with Crippen molar-refractivity contribution in [3.8, 4) is 0 Å². The van der Waals surface area contributed by atoms with Gasteiger partial charge in [0.05, 0.1) is 11.9 Å². The zero-order chi connectivity index (χ0) is 29.3. The molecule has 0 aliphatic carbocycles. The summed E-state index contributed by atoms with van der Waals surface area (Å²) in [5, 5.41) is 3.33. The van der Waals surface area contributed by atoms with Crippen LogP contribution in [-0.2, 0) is 32.6 Å². The minimum atomic E-state index is -3.62. The van der Waals surface area contributed by atoms with Gasteiger partial charge in [-0.05, 0) is 61.6 Å². The number of likely N-dealkylation sites (N-methyl/N-ethyl adjacent to an activating group) is 1. The number of hydrogen-bond acceptors (Lipinski definition) is 4. The molecule has 0 saturated carbocycles. The summed E-state index contributed by atoms with van der Waals surface area (Å²) >= 11 is 6.16. The highest BCUT2D eigenvalue weighted by Gasteiger charge is 2.30. The second-order valence-corrected chi connectivity index (χ2v) is 12.3. The number of sulfonamides is 1. The molecule has 3 aromatic carbocycles. The van der Waals surface area contributed by atoms with E-state index in [1.165, 1.54) is 4.31 Å². The van der Waals surface area contributed by atoms with Gasteiger partial charge in [0.25, 0.3) is 0 Å². The van der Waals surface area contributed by atoms with Crippen LogP contribution in [-0.4, -0.2) is 50.5 Å². The molecule has 1 unspecified atom stereocenters. The topological polar surface area (TPSA) is 86.8 Å². The fourth-order valence-electron chi connectivity index (χ4n) is 4.65. The van der Waals surface area contributed by atoms with Gasteiger partial charge in [0.15, 0.2) is 0 Å². The van der Waals surface area contributed by atoms with Crippen molar-refractivity contribution in [1.82, 2.24) is 10.2 Å². The molecular formula is C31H38ClN3O4S. The molecule has 0 spiro atoms. The van der Waals surface area contributed by atoms with Crippen LogP contribution in [0.2, 0.25) is 5.02 Å². The van der Waals surface area contributed by atoms with Gasteiger partial charge < -0.3 is 10.2 Å². The normalized spacial score (nSPS) is 12.0. The second-order valence-electron chi connectivity index (χ2n) is 9.92. The van der Waals surface area contributed by atoms with Crippen LogP contribution < -0.4 is 9.62 Å². The molecule has 3 aromatic rings. The Morgan fingerprint density at radius 1 is 0.950 bits per heavy atom. The van der Waals surface area contributed by atoms with Gasteiger partial charge in [-0.3, -0.25) is 13.9 Å². The number of carbonyl (C=O) groups is 2. The molecule has 0 aliphatic rings. The van der Waals surface area contributed by atoms with Gasteiger partial charge in [0.2, 0.25) is 21.8 Å². The minimum Gasteiger partial charge on any atom is -0.355 e. The summed E-state index contributed by atoms with van der Waals surface area (Å²) in [6.45, 7) is 6.46. The Kier molecular flexibility index (Phi) is 11.2. The van der Waals surface area contributed by atoms with Crippen LogP contribution in [0.4, 0.5) is 5.69 Å². The summed E-state index contributed by atoms with van der Waals surface area (Å²) in [5.74, 6) is -0.438. The molecule has 1 N–H and O–H groups in total. The molecule has 3 rings (SSSR count). The third kappa shape index (κ3) is 8.57. The Hall–Kier alpha value is -3.36. The number of nitrogens with zero attached hydrogens (tertiary/aromatic N) is 2. The highest BCUT2D eigenvalue weighted by Crippen LogP contribution is 2.27. The third-order valence-corrected chi connectivity index (χ3v) is 8.23. The molecule has 2 amide bonds. The number of benzene rings is 3. The summed E-state index contributed by atoms with van der Waals surface area (Å²) in [6.07, 6.45) is 1.85. The van der Waals surface area contributed by atoms with Gasteiger partial charge >= 0.3 is 0 Å². The predicted molar refractivity (Wildman–Crippen MR) is 162 cm³/mol. The average molecular weight is 584 g/mol. The first kappa shape index (κ1) is 31.2. The maximum absolute atomic E-state index is 13.8. The van der Waals surface area contributed by atoms with Crippen LogP contribution in [0.5, 0.6) is 0 Å². The van der Waals surface area contributed by atoms with Gasteiger partial charge in [-0.2, -0.15) is 0 Å². The number of nitrogens with one attached hydrogen (secondary N) is 1. The molecule has 214 valence electrons. The van der Waals surface area contributed by atoms with Gasteiger partial charge in [-0.1, -0.05) is 72.3 Å². The van der Waals surface area contributed by atoms with Crippen LogP contribution in [0.15, 0.2) is 72.8 Å². The molecule has 0 saturated heterocycles. The van der Waals surface area contributed by atoms with Crippen LogP contribution >= 0.6 is 11.6 Å². The summed E-state index contributed by atoms with van der Waals surface area (Å²) < 4.78 is 26.7. The highest BCUT2D eigenvalue weighted by atomic mass is 35.5. The van der Waals surface area contributed by atoms with E-state index in [2.05, 4.69) is 5.32 Å². The number of rotatable bonds is 13. The summed E-state index contributed by atoms with van der Waals surface area (Å²) in [7, 11) is -3.62. The fourth-order valence-corrected chi connectivity index (χ4v) is 5.83. The highest BCUT2D eigenvalue weighted by molar-refractivity contribution is 7.92. The van der Waals surface area contributed by atoms with Crippen LogP contribution in [0, 0.1) is 13.8 Å². The fraction of sp³-hybridized carbons (Fsp3) is 0.355. The molecule has 7 nitrogen and oxygen atoms in total. The van der Waals surface area contributed by atoms with Crippen molar-refractivity contribution in [1.29, 1.82) is 0 Å². The maximum Gasteiger partial charge on any atom is 0.243 e. The van der Waals surface area contributed by atoms with Crippen molar-refractivity contribution in [2.75, 3.05) is 23.7 Å². The molecule has 0 radical (unpaired) electrons. The summed E-state index contributed by atoms with van der Waals surface area (Å²) in [5.41, 5.74) is 4.17. The molecule has 0 heterocycles. The average Bonchev–Trinajstić information content (AvgIpc) is 2.91. The lowest BCUT2D eigenvalue weighted by molar-refractivity contribution is -0.141. The van der Waals surface area contributed by atoms with Crippen molar-refractivity contribution < 1.29 is 18.0 Å². The molecular weight excluding hydrogens is 546 g/mol. The van der Waals surface area contributed by atoms with Gasteiger partial charge in [-0.15, -0.1) is 0 Å². The van der Waals surface area contributed by atoms with E-state index in [9.17, 15) is 18.0 Å². The number of halogens is 1. The molecule has 0 fully saturated rings. The molecule has 40 heavy (non-hydrogen) atoms. The Bertz CT molecular complexity index is 1410. The van der Waals surface area contributed by atoms with Crippen LogP contribution in [0.3, 0.4) is 0 Å². The van der Waals surface area contributed by atoms with E-state index < -0.39 is 16.1 Å². The lowest BCUT2D eigenvalue weighted by Gasteiger charge is -2.32. The molecule has 0 aromatic heterocycles. The van der Waals surface area contributed by atoms with Crippen molar-refractivity contribution in [2.45, 2.75) is 52.6 Å². The molecule has 0 aliphatic heterocycles. The van der Waals surface area contributed by atoms with Crippen LogP contribution in [0.25, 0.3) is 0 Å². The SMILES string of the molecule is CCNC(=O)C(Cc1ccccc1)N(Cc1ccccc1C)C(=O)CCCN(c1cc(Cl)ccc1C)S(C)(=O)=O. The van der Waals surface area contributed by atoms with Gasteiger partial charge in [0, 0.05) is 37.5 Å². The molecule has 1 atom stereocenters. The standard InChI is InChI=1S/C31H38ClN3O4S/c1-5-33-31(37)29(20-25-13-7-6-8-14-25)34(22-26-15-10-9-12-23(26)2)30(36)16-11-19-35(40(4,38)39)28-21-27(32)18-17-24(28)3/h6-10,12-15,17-18,21,29H,5,11,16,19-20,22H2,1-4H3,(H,33,37). The summed E-state index contributed by atoms with van der Waals surface area (Å²) in [4.78, 5) is 28.8. The number of aryl methyl sites for hydroxylation is 2. The quantitative estimate of drug-likeness (QED) is 0.297. The zero-order valence-electron chi connectivity index (χ0n) is 23.6. The third-order valence-electron chi connectivity index (χ3n) is 6.82. The Morgan fingerprint density at radius 3 is 2.27 bits per heavy atom. The Morgan fingerprint density at radius 2 is 1.62 bits per heavy atom. The number of hydrogen-bond donors (Lipinski definition) is 1. The second kappa shape index (κ2) is 14.3. The van der Waals surface area contributed by atoms with E-state index in [4.69, 9.17) is 11.6 Å². The van der Waals surface area contributed by atoms with Crippen molar-refractivity contribution in [2.24, 2.45) is 0 Å². The van der Waals surface area contributed by atoms with Crippen LogP contribution in [0.1, 0.15) is 42.0 Å². The smallest absolute Gasteiger partial charge is 0.243 e. The van der Waals surface area contributed by atoms with E-state index in [1.807, 2.05) is 75.4 Å². The molecule has 0 bridgehead atoms. The minimum absolute atomic E-state index is 0.0716. The number of anilines is 1. The van der Waals surface area contributed by atoms with E-state index in [-0.39, 0.29) is 37.7 Å². The zero-order valence-corrected chi connectivity index (χ0v) is 25.1. The Balaban J connectivity index is 1.89. The first-order chi connectivity index (χ1) is 19.0. The van der Waals surface area contributed by atoms with Crippen molar-refractivity contribution >= 4 is 39.1 Å². The molecule has 9 heteroatoms. The predicted octanol–water partition coefficient (Wildman–Crippen LogP) is 5.28. The van der Waals surface area contributed by atoms with E-state index in [1.54, 1.807) is 23.1 Å². The summed E-state index contributed by atoms with van der Waals surface area (Å²) in [6, 6.07) is 21.8. The van der Waals surface area contributed by atoms with E-state index in [0.717, 1.165) is 28.5 Å². The number of amides is 2. The lowest BCUT2D eigenvalue weighted by atomic mass is 10.0. The van der Waals surface area contributed by atoms with E-state index in [0.29, 0.717) is 23.7 Å². The Labute approximate surface area is 243 Å². The van der Waals surface area contributed by atoms with Crippen molar-refractivity contribution in [3.05, 3.63) is 100 Å². The first-order valence-electron chi connectivity index (χ1n) is 13.4. The lowest BCUT2D eigenvalue weighted by Crippen LogP contribution is -2.50. The largest absolute Gasteiger partial charge is 0.355 e. The number of carbonyl (C=O) groups excluding carboxylic acids is 2.